The Morgan fingerprint density at radius 2 is 1.92 bits per heavy atom. The van der Waals surface area contributed by atoms with E-state index in [0.717, 1.165) is 0 Å². The van der Waals surface area contributed by atoms with Crippen molar-refractivity contribution in [3.8, 4) is 0 Å². The lowest BCUT2D eigenvalue weighted by atomic mass is 10.5. The number of carbonyl (C=O) groups is 1. The third-order valence-electron chi connectivity index (χ3n) is 1.01. The van der Waals surface area contributed by atoms with Gasteiger partial charge in [-0.15, -0.1) is 0 Å². The lowest BCUT2D eigenvalue weighted by Crippen LogP contribution is -2.09. The van der Waals surface area contributed by atoms with E-state index < -0.39 is 5.24 Å². The topological polar surface area (TPSA) is 35.5 Å². The Bertz CT molecular complexity index is 121. The number of hydrogen-bond acceptors (Lipinski definition) is 3. The summed E-state index contributed by atoms with van der Waals surface area (Å²) in [6.07, 6.45) is 0.397. The minimum Gasteiger partial charge on any atom is -0.379 e. The van der Waals surface area contributed by atoms with Crippen molar-refractivity contribution in [2.45, 2.75) is 6.42 Å². The molecule has 72 valence electrons. The highest BCUT2D eigenvalue weighted by Gasteiger charge is 1.94. The molecule has 0 saturated carbocycles. The van der Waals surface area contributed by atoms with Crippen LogP contribution in [0.25, 0.3) is 0 Å². The summed E-state index contributed by atoms with van der Waals surface area (Å²) in [6.45, 7) is 0.582. The van der Waals surface area contributed by atoms with Gasteiger partial charge in [0.05, 0.1) is 19.9 Å². The molecule has 0 aliphatic carbocycles. The molecule has 0 radical (unpaired) electrons. The van der Waals surface area contributed by atoms with Gasteiger partial charge in [-0.25, -0.2) is 0 Å². The molecule has 0 aromatic heterocycles. The summed E-state index contributed by atoms with van der Waals surface area (Å²) in [5, 5.41) is -0.529. The fraction of sp³-hybridized carbons (Fsp3) is 0.857. The molecule has 0 rings (SSSR count). The molecular formula is C7H12ClFO3. The van der Waals surface area contributed by atoms with Crippen LogP contribution in [0.4, 0.5) is 4.39 Å². The van der Waals surface area contributed by atoms with Gasteiger partial charge in [0.1, 0.15) is 6.61 Å². The standard InChI is InChI=1S/C7H12ClFO3/c8-7(10)6-12-5-4-11-3-1-2-9/h1-6H2. The van der Waals surface area contributed by atoms with Crippen LogP contribution in [0.15, 0.2) is 0 Å². The molecule has 0 bridgehead atoms. The number of halogens is 2. The minimum absolute atomic E-state index is 0.103. The first kappa shape index (κ1) is 11.8. The van der Waals surface area contributed by atoms with E-state index in [1.54, 1.807) is 0 Å². The van der Waals surface area contributed by atoms with Crippen LogP contribution in [0, 0.1) is 0 Å². The molecule has 0 atom stereocenters. The SMILES string of the molecule is O=C(Cl)COCCOCCCF. The summed E-state index contributed by atoms with van der Waals surface area (Å²) in [4.78, 5) is 10.1. The first-order chi connectivity index (χ1) is 5.77. The maximum absolute atomic E-state index is 11.5. The van der Waals surface area contributed by atoms with E-state index in [1.807, 2.05) is 0 Å². The van der Waals surface area contributed by atoms with Crippen LogP contribution in [0.2, 0.25) is 0 Å². The molecule has 0 N–H and O–H groups in total. The molecule has 5 heteroatoms. The van der Waals surface area contributed by atoms with Crippen LogP contribution in [0.1, 0.15) is 6.42 Å². The molecule has 0 aliphatic heterocycles. The molecule has 0 heterocycles. The summed E-state index contributed by atoms with van der Waals surface area (Å²) in [7, 11) is 0. The van der Waals surface area contributed by atoms with E-state index in [9.17, 15) is 9.18 Å². The molecule has 12 heavy (non-hydrogen) atoms. The second kappa shape index (κ2) is 8.90. The van der Waals surface area contributed by atoms with Crippen molar-refractivity contribution in [1.29, 1.82) is 0 Å². The number of hydrogen-bond donors (Lipinski definition) is 0. The summed E-state index contributed by atoms with van der Waals surface area (Å²) in [5.41, 5.74) is 0. The fourth-order valence-electron chi connectivity index (χ4n) is 0.529. The molecule has 0 saturated heterocycles. The van der Waals surface area contributed by atoms with Gasteiger partial charge in [-0.05, 0) is 18.0 Å². The van der Waals surface area contributed by atoms with Crippen molar-refractivity contribution < 1.29 is 18.7 Å². The van der Waals surface area contributed by atoms with Crippen LogP contribution in [-0.2, 0) is 14.3 Å². The van der Waals surface area contributed by atoms with Gasteiger partial charge in [0.25, 0.3) is 0 Å². The summed E-state index contributed by atoms with van der Waals surface area (Å²) < 4.78 is 21.2. The Hall–Kier alpha value is -0.190. The number of ether oxygens (including phenoxy) is 2. The van der Waals surface area contributed by atoms with Crippen molar-refractivity contribution in [2.24, 2.45) is 0 Å². The second-order valence-electron chi connectivity index (χ2n) is 2.06. The number of alkyl halides is 1. The zero-order valence-corrected chi connectivity index (χ0v) is 7.48. The van der Waals surface area contributed by atoms with Crippen molar-refractivity contribution >= 4 is 16.8 Å². The highest BCUT2D eigenvalue weighted by Crippen LogP contribution is 1.86. The fourth-order valence-corrected chi connectivity index (χ4v) is 0.606. The Morgan fingerprint density at radius 3 is 2.50 bits per heavy atom. The molecular weight excluding hydrogens is 187 g/mol. The Labute approximate surface area is 75.8 Å². The molecule has 3 nitrogen and oxygen atoms in total. The Morgan fingerprint density at radius 1 is 1.25 bits per heavy atom. The van der Waals surface area contributed by atoms with Gasteiger partial charge in [-0.3, -0.25) is 9.18 Å². The minimum atomic E-state index is -0.529. The number of rotatable bonds is 8. The predicted molar refractivity (Wildman–Crippen MR) is 43.1 cm³/mol. The molecule has 0 aliphatic rings. The third-order valence-corrected chi connectivity index (χ3v) is 1.12. The number of carbonyl (C=O) groups excluding carboxylic acids is 1. The predicted octanol–water partition coefficient (Wildman–Crippen LogP) is 1.14. The molecule has 0 fully saturated rings. The van der Waals surface area contributed by atoms with Crippen molar-refractivity contribution in [3.63, 3.8) is 0 Å². The highest BCUT2D eigenvalue weighted by molar-refractivity contribution is 6.63. The van der Waals surface area contributed by atoms with Gasteiger partial charge in [-0.2, -0.15) is 0 Å². The van der Waals surface area contributed by atoms with E-state index in [-0.39, 0.29) is 13.3 Å². The van der Waals surface area contributed by atoms with Gasteiger partial charge in [0, 0.05) is 6.61 Å². The van der Waals surface area contributed by atoms with Crippen LogP contribution in [0.3, 0.4) is 0 Å². The van der Waals surface area contributed by atoms with Crippen LogP contribution in [-0.4, -0.2) is 38.3 Å². The average Bonchev–Trinajstić information content (AvgIpc) is 2.02. The molecule has 0 aromatic carbocycles. The molecule has 0 amide bonds. The van der Waals surface area contributed by atoms with E-state index in [0.29, 0.717) is 26.2 Å². The molecule has 0 unspecified atom stereocenters. The molecule has 0 spiro atoms. The van der Waals surface area contributed by atoms with E-state index in [1.165, 1.54) is 0 Å². The zero-order chi connectivity index (χ0) is 9.23. The van der Waals surface area contributed by atoms with Gasteiger partial charge in [0.15, 0.2) is 0 Å². The Kier molecular flexibility index (Phi) is 8.76. The van der Waals surface area contributed by atoms with Crippen molar-refractivity contribution in [1.82, 2.24) is 0 Å². The maximum Gasteiger partial charge on any atom is 0.247 e. The quantitative estimate of drug-likeness (QED) is 0.434. The van der Waals surface area contributed by atoms with E-state index >= 15 is 0 Å². The summed E-state index contributed by atoms with van der Waals surface area (Å²) >= 11 is 4.99. The summed E-state index contributed by atoms with van der Waals surface area (Å²) in [6, 6.07) is 0. The first-order valence-corrected chi connectivity index (χ1v) is 4.05. The lowest BCUT2D eigenvalue weighted by Gasteiger charge is -2.01. The monoisotopic (exact) mass is 198 g/mol. The highest BCUT2D eigenvalue weighted by atomic mass is 35.5. The smallest absolute Gasteiger partial charge is 0.247 e. The second-order valence-corrected chi connectivity index (χ2v) is 2.48. The van der Waals surface area contributed by atoms with Crippen LogP contribution < -0.4 is 0 Å². The largest absolute Gasteiger partial charge is 0.379 e. The average molecular weight is 199 g/mol. The van der Waals surface area contributed by atoms with Crippen LogP contribution >= 0.6 is 11.6 Å². The zero-order valence-electron chi connectivity index (χ0n) is 6.72. The van der Waals surface area contributed by atoms with Gasteiger partial charge in [-0.1, -0.05) is 0 Å². The first-order valence-electron chi connectivity index (χ1n) is 3.67. The van der Waals surface area contributed by atoms with E-state index in [2.05, 4.69) is 0 Å². The van der Waals surface area contributed by atoms with Crippen LogP contribution in [0.5, 0.6) is 0 Å². The lowest BCUT2D eigenvalue weighted by molar-refractivity contribution is -0.116. The van der Waals surface area contributed by atoms with Gasteiger partial charge < -0.3 is 9.47 Å². The van der Waals surface area contributed by atoms with E-state index in [4.69, 9.17) is 21.1 Å². The maximum atomic E-state index is 11.5. The van der Waals surface area contributed by atoms with Crippen molar-refractivity contribution in [3.05, 3.63) is 0 Å². The van der Waals surface area contributed by atoms with Crippen molar-refractivity contribution in [2.75, 3.05) is 33.1 Å². The molecule has 0 aromatic rings. The Balaban J connectivity index is 2.86. The normalized spacial score (nSPS) is 10.2. The summed E-state index contributed by atoms with van der Waals surface area (Å²) in [5.74, 6) is 0. The van der Waals surface area contributed by atoms with Gasteiger partial charge >= 0.3 is 0 Å². The van der Waals surface area contributed by atoms with Gasteiger partial charge in [0.2, 0.25) is 5.24 Å². The third kappa shape index (κ3) is 9.81.